The van der Waals surface area contributed by atoms with Gasteiger partial charge < -0.3 is 24.7 Å². The third kappa shape index (κ3) is 3.43. The molecule has 0 aliphatic carbocycles. The molecule has 0 radical (unpaired) electrons. The summed E-state index contributed by atoms with van der Waals surface area (Å²) in [4.78, 5) is 19.7. The summed E-state index contributed by atoms with van der Waals surface area (Å²) in [5.41, 5.74) is 4.71. The fourth-order valence-corrected chi connectivity index (χ4v) is 4.11. The first kappa shape index (κ1) is 20.9. The Kier molecular flexibility index (Phi) is 4.75. The third-order valence-corrected chi connectivity index (χ3v) is 5.67. The van der Waals surface area contributed by atoms with Gasteiger partial charge in [-0.1, -0.05) is 0 Å². The van der Waals surface area contributed by atoms with Crippen LogP contribution in [0.1, 0.15) is 25.2 Å². The van der Waals surface area contributed by atoms with Gasteiger partial charge in [0, 0.05) is 25.8 Å². The van der Waals surface area contributed by atoms with Crippen LogP contribution in [0, 0.1) is 0 Å². The van der Waals surface area contributed by atoms with Crippen LogP contribution in [-0.2, 0) is 27.8 Å². The van der Waals surface area contributed by atoms with Crippen molar-refractivity contribution in [2.75, 3.05) is 43.5 Å². The summed E-state index contributed by atoms with van der Waals surface area (Å²) in [5, 5.41) is 0. The van der Waals surface area contributed by atoms with Crippen LogP contribution in [0.2, 0.25) is 0 Å². The van der Waals surface area contributed by atoms with Gasteiger partial charge in [-0.05, 0) is 19.9 Å². The van der Waals surface area contributed by atoms with Crippen LogP contribution in [0.15, 0.2) is 12.3 Å². The molecule has 12 heteroatoms. The van der Waals surface area contributed by atoms with E-state index in [4.69, 9.17) is 20.2 Å². The van der Waals surface area contributed by atoms with Crippen molar-refractivity contribution in [3.8, 4) is 11.4 Å². The van der Waals surface area contributed by atoms with Crippen LogP contribution in [-0.4, -0.2) is 57.4 Å². The zero-order chi connectivity index (χ0) is 22.7. The summed E-state index contributed by atoms with van der Waals surface area (Å²) in [6.07, 6.45) is -3.57. The topological polar surface area (TPSA) is 104 Å². The van der Waals surface area contributed by atoms with E-state index >= 15 is 0 Å². The molecule has 2 aliphatic heterocycles. The molecule has 2 aliphatic rings. The lowest BCUT2D eigenvalue weighted by atomic mass is 10.1. The molecule has 32 heavy (non-hydrogen) atoms. The highest BCUT2D eigenvalue weighted by atomic mass is 19.4. The van der Waals surface area contributed by atoms with E-state index in [0.29, 0.717) is 62.3 Å². The molecule has 9 nitrogen and oxygen atoms in total. The van der Waals surface area contributed by atoms with Gasteiger partial charge in [-0.15, -0.1) is 0 Å². The number of hydrogen-bond acceptors (Lipinski definition) is 8. The van der Waals surface area contributed by atoms with E-state index in [1.54, 1.807) is 0 Å². The van der Waals surface area contributed by atoms with Gasteiger partial charge >= 0.3 is 6.18 Å². The molecule has 3 aromatic rings. The second kappa shape index (κ2) is 7.27. The summed E-state index contributed by atoms with van der Waals surface area (Å²) in [6.45, 7) is 6.78. The van der Waals surface area contributed by atoms with E-state index in [9.17, 15) is 13.2 Å². The van der Waals surface area contributed by atoms with Crippen LogP contribution in [0.5, 0.6) is 0 Å². The Hall–Kier alpha value is -2.99. The number of nitrogens with two attached hydrogens (primary N) is 1. The fraction of sp³-hybridized carbons (Fsp3) is 0.500. The summed E-state index contributed by atoms with van der Waals surface area (Å²) < 4.78 is 54.6. The number of hydrogen-bond donors (Lipinski definition) is 1. The first-order valence-electron chi connectivity index (χ1n) is 10.2. The molecule has 5 rings (SSSR count). The number of imidazole rings is 1. The number of nitrogens with zero attached hydrogens (tertiary/aromatic N) is 6. The molecule has 0 spiro atoms. The van der Waals surface area contributed by atoms with Gasteiger partial charge in [0.05, 0.1) is 30.9 Å². The first-order chi connectivity index (χ1) is 15.1. The standard InChI is InChI=1S/C20H22F3N7O2/c1-19(2)18-26-14-16(29-3-6-31-7-4-29)27-15(28-17(14)30(18)5-8-32-19)11-10-25-13(24)9-12(11)20(21,22)23/h9-10H,3-8H2,1-2H3,(H2,24,25). The van der Waals surface area contributed by atoms with E-state index < -0.39 is 17.3 Å². The largest absolute Gasteiger partial charge is 0.417 e. The minimum atomic E-state index is -4.64. The van der Waals surface area contributed by atoms with Crippen molar-refractivity contribution < 1.29 is 22.6 Å². The van der Waals surface area contributed by atoms with Gasteiger partial charge in [0.2, 0.25) is 0 Å². The zero-order valence-corrected chi connectivity index (χ0v) is 17.6. The number of fused-ring (bicyclic) bond motifs is 3. The van der Waals surface area contributed by atoms with E-state index in [1.165, 1.54) is 0 Å². The number of alkyl halides is 3. The second-order valence-corrected chi connectivity index (χ2v) is 8.24. The van der Waals surface area contributed by atoms with Crippen LogP contribution >= 0.6 is 0 Å². The van der Waals surface area contributed by atoms with Gasteiger partial charge in [-0.25, -0.2) is 19.9 Å². The molecule has 0 unspecified atom stereocenters. The highest BCUT2D eigenvalue weighted by molar-refractivity contribution is 5.87. The molecule has 3 aromatic heterocycles. The molecule has 2 N–H and O–H groups in total. The van der Waals surface area contributed by atoms with Crippen LogP contribution in [0.4, 0.5) is 24.8 Å². The van der Waals surface area contributed by atoms with E-state index in [1.807, 2.05) is 23.3 Å². The molecular weight excluding hydrogens is 427 g/mol. The quantitative estimate of drug-likeness (QED) is 0.637. The Bertz CT molecular complexity index is 1190. The summed E-state index contributed by atoms with van der Waals surface area (Å²) in [5.74, 6) is 0.823. The fourth-order valence-electron chi connectivity index (χ4n) is 4.11. The van der Waals surface area contributed by atoms with Crippen molar-refractivity contribution in [1.82, 2.24) is 24.5 Å². The number of ether oxygens (including phenoxy) is 2. The van der Waals surface area contributed by atoms with Crippen molar-refractivity contribution in [3.63, 3.8) is 0 Å². The van der Waals surface area contributed by atoms with Crippen molar-refractivity contribution in [1.29, 1.82) is 0 Å². The maximum Gasteiger partial charge on any atom is 0.417 e. The van der Waals surface area contributed by atoms with E-state index in [0.717, 1.165) is 12.3 Å². The van der Waals surface area contributed by atoms with E-state index in [-0.39, 0.29) is 17.2 Å². The Balaban J connectivity index is 1.79. The minimum Gasteiger partial charge on any atom is -0.384 e. The lowest BCUT2D eigenvalue weighted by Gasteiger charge is -2.30. The Morgan fingerprint density at radius 3 is 2.53 bits per heavy atom. The highest BCUT2D eigenvalue weighted by Crippen LogP contribution is 2.39. The Labute approximate surface area is 181 Å². The average Bonchev–Trinajstić information content (AvgIpc) is 3.13. The molecule has 0 bridgehead atoms. The van der Waals surface area contributed by atoms with Gasteiger partial charge in [0.25, 0.3) is 0 Å². The highest BCUT2D eigenvalue weighted by Gasteiger charge is 2.37. The monoisotopic (exact) mass is 449 g/mol. The SMILES string of the molecule is CC1(C)OCCn2c1nc1c(N3CCOCC3)nc(-c3cnc(N)cc3C(F)(F)F)nc12. The Morgan fingerprint density at radius 1 is 1.06 bits per heavy atom. The van der Waals surface area contributed by atoms with E-state index in [2.05, 4.69) is 15.0 Å². The summed E-state index contributed by atoms with van der Waals surface area (Å²) in [7, 11) is 0. The third-order valence-electron chi connectivity index (χ3n) is 5.67. The molecule has 170 valence electrons. The average molecular weight is 449 g/mol. The predicted octanol–water partition coefficient (Wildman–Crippen LogP) is 2.59. The van der Waals surface area contributed by atoms with Crippen LogP contribution < -0.4 is 10.6 Å². The Morgan fingerprint density at radius 2 is 1.81 bits per heavy atom. The summed E-state index contributed by atoms with van der Waals surface area (Å²) in [6, 6.07) is 0.806. The number of anilines is 2. The lowest BCUT2D eigenvalue weighted by Crippen LogP contribution is -2.37. The lowest BCUT2D eigenvalue weighted by molar-refractivity contribution is -0.137. The maximum atomic E-state index is 13.8. The maximum absolute atomic E-state index is 13.8. The van der Waals surface area contributed by atoms with Crippen molar-refractivity contribution in [3.05, 3.63) is 23.7 Å². The number of rotatable bonds is 2. The van der Waals surface area contributed by atoms with Crippen molar-refractivity contribution in [2.45, 2.75) is 32.2 Å². The summed E-state index contributed by atoms with van der Waals surface area (Å²) >= 11 is 0. The molecule has 0 amide bonds. The number of halogens is 3. The molecule has 0 aromatic carbocycles. The zero-order valence-electron chi connectivity index (χ0n) is 17.6. The predicted molar refractivity (Wildman–Crippen MR) is 110 cm³/mol. The van der Waals surface area contributed by atoms with Crippen molar-refractivity contribution in [2.24, 2.45) is 0 Å². The molecule has 5 heterocycles. The molecule has 0 atom stereocenters. The first-order valence-corrected chi connectivity index (χ1v) is 10.2. The van der Waals surface area contributed by atoms with Crippen molar-refractivity contribution >= 4 is 22.8 Å². The molecule has 1 saturated heterocycles. The smallest absolute Gasteiger partial charge is 0.384 e. The van der Waals surface area contributed by atoms with Gasteiger partial charge in [-0.2, -0.15) is 13.2 Å². The normalized spacial score (nSPS) is 18.7. The number of nitrogen functional groups attached to an aromatic ring is 1. The van der Waals surface area contributed by atoms with Crippen LogP contribution in [0.3, 0.4) is 0 Å². The van der Waals surface area contributed by atoms with Gasteiger partial charge in [0.1, 0.15) is 17.2 Å². The number of aromatic nitrogens is 5. The molecule has 1 fully saturated rings. The minimum absolute atomic E-state index is 0.0779. The molecule has 0 saturated carbocycles. The van der Waals surface area contributed by atoms with Gasteiger partial charge in [-0.3, -0.25) is 0 Å². The number of pyridine rings is 1. The van der Waals surface area contributed by atoms with Crippen LogP contribution in [0.25, 0.3) is 22.6 Å². The second-order valence-electron chi connectivity index (χ2n) is 8.24. The van der Waals surface area contributed by atoms with Gasteiger partial charge in [0.15, 0.2) is 22.8 Å². The molecular formula is C20H22F3N7O2. The number of morpholine rings is 1.